The Labute approximate surface area is 117 Å². The smallest absolute Gasteiger partial charge is 0.223 e. The molecule has 4 heteroatoms. The zero-order valence-corrected chi connectivity index (χ0v) is 12.1. The van der Waals surface area contributed by atoms with Gasteiger partial charge in [0, 0.05) is 36.7 Å². The predicted molar refractivity (Wildman–Crippen MR) is 75.5 cm³/mol. The summed E-state index contributed by atoms with van der Waals surface area (Å²) in [5, 5.41) is 0.980. The molecule has 98 valence electrons. The molecule has 1 amide bonds. The molecule has 0 unspecified atom stereocenters. The van der Waals surface area contributed by atoms with Gasteiger partial charge in [0.05, 0.1) is 0 Å². The third-order valence-electron chi connectivity index (χ3n) is 3.18. The number of hydrogen-bond donors (Lipinski definition) is 0. The van der Waals surface area contributed by atoms with Crippen molar-refractivity contribution in [2.24, 2.45) is 0 Å². The Kier molecular flexibility index (Phi) is 5.17. The maximum Gasteiger partial charge on any atom is 0.223 e. The molecular weight excluding hydrogens is 292 g/mol. The van der Waals surface area contributed by atoms with Gasteiger partial charge in [0.25, 0.3) is 0 Å². The second kappa shape index (κ2) is 6.88. The van der Waals surface area contributed by atoms with E-state index in [-0.39, 0.29) is 0 Å². The summed E-state index contributed by atoms with van der Waals surface area (Å²) in [6.45, 7) is 0.736. The van der Waals surface area contributed by atoms with Crippen LogP contribution < -0.4 is 0 Å². The molecule has 1 aromatic rings. The molecule has 0 aliphatic heterocycles. The van der Waals surface area contributed by atoms with Gasteiger partial charge in [0.2, 0.25) is 5.91 Å². The quantitative estimate of drug-likeness (QED) is 0.572. The zero-order chi connectivity index (χ0) is 12.8. The van der Waals surface area contributed by atoms with Crippen LogP contribution in [0.1, 0.15) is 37.7 Å². The van der Waals surface area contributed by atoms with Crippen LogP contribution in [-0.2, 0) is 11.3 Å². The molecule has 1 fully saturated rings. The number of halogens is 1. The van der Waals surface area contributed by atoms with Crippen molar-refractivity contribution in [2.75, 3.05) is 5.33 Å². The number of amides is 1. The SMILES string of the molecule is O=C(CCCCBr)N(Cc1ccncc1)C1CC1. The molecule has 18 heavy (non-hydrogen) atoms. The Hall–Kier alpha value is -0.900. The largest absolute Gasteiger partial charge is 0.335 e. The standard InChI is InChI=1S/C14H19BrN2O/c15-8-2-1-3-14(18)17(13-4-5-13)11-12-6-9-16-10-7-12/h6-7,9-10,13H,1-5,8,11H2. The summed E-state index contributed by atoms with van der Waals surface area (Å²) in [5.41, 5.74) is 1.17. The van der Waals surface area contributed by atoms with Gasteiger partial charge in [-0.25, -0.2) is 0 Å². The van der Waals surface area contributed by atoms with Crippen molar-refractivity contribution >= 4 is 21.8 Å². The van der Waals surface area contributed by atoms with Crippen LogP contribution in [0.4, 0.5) is 0 Å². The van der Waals surface area contributed by atoms with Gasteiger partial charge in [0.1, 0.15) is 0 Å². The third kappa shape index (κ3) is 4.09. The summed E-state index contributed by atoms with van der Waals surface area (Å²) in [5.74, 6) is 0.301. The fraction of sp³-hybridized carbons (Fsp3) is 0.571. The molecule has 1 heterocycles. The van der Waals surface area contributed by atoms with Crippen LogP contribution in [0, 0.1) is 0 Å². The fourth-order valence-electron chi connectivity index (χ4n) is 2.01. The number of alkyl halides is 1. The van der Waals surface area contributed by atoms with Crippen LogP contribution >= 0.6 is 15.9 Å². The van der Waals surface area contributed by atoms with E-state index in [9.17, 15) is 4.79 Å². The van der Waals surface area contributed by atoms with E-state index in [4.69, 9.17) is 0 Å². The minimum absolute atomic E-state index is 0.301. The molecule has 0 atom stereocenters. The van der Waals surface area contributed by atoms with Crippen molar-refractivity contribution in [1.82, 2.24) is 9.88 Å². The highest BCUT2D eigenvalue weighted by Gasteiger charge is 2.31. The number of aromatic nitrogens is 1. The maximum atomic E-state index is 12.2. The Morgan fingerprint density at radius 2 is 2.06 bits per heavy atom. The normalized spacial score (nSPS) is 14.5. The van der Waals surface area contributed by atoms with E-state index in [1.54, 1.807) is 12.4 Å². The van der Waals surface area contributed by atoms with Crippen molar-refractivity contribution in [1.29, 1.82) is 0 Å². The van der Waals surface area contributed by atoms with Crippen molar-refractivity contribution < 1.29 is 4.79 Å². The Morgan fingerprint density at radius 3 is 2.67 bits per heavy atom. The Balaban J connectivity index is 1.89. The van der Waals surface area contributed by atoms with Gasteiger partial charge in [0.15, 0.2) is 0 Å². The fourth-order valence-corrected chi connectivity index (χ4v) is 2.40. The molecule has 1 aromatic heterocycles. The number of carbonyl (C=O) groups is 1. The van der Waals surface area contributed by atoms with E-state index in [1.807, 2.05) is 17.0 Å². The first-order chi connectivity index (χ1) is 8.81. The number of carbonyl (C=O) groups excluding carboxylic acids is 1. The molecule has 3 nitrogen and oxygen atoms in total. The van der Waals surface area contributed by atoms with E-state index in [2.05, 4.69) is 20.9 Å². The molecule has 0 aromatic carbocycles. The van der Waals surface area contributed by atoms with Crippen molar-refractivity contribution in [3.8, 4) is 0 Å². The predicted octanol–water partition coefficient (Wildman–Crippen LogP) is 3.14. The van der Waals surface area contributed by atoms with Gasteiger partial charge in [-0.3, -0.25) is 9.78 Å². The van der Waals surface area contributed by atoms with Gasteiger partial charge < -0.3 is 4.90 Å². The summed E-state index contributed by atoms with van der Waals surface area (Å²) in [7, 11) is 0. The number of unbranched alkanes of at least 4 members (excludes halogenated alkanes) is 1. The van der Waals surface area contributed by atoms with E-state index >= 15 is 0 Å². The molecule has 2 rings (SSSR count). The van der Waals surface area contributed by atoms with E-state index in [0.29, 0.717) is 18.4 Å². The van der Waals surface area contributed by atoms with Crippen LogP contribution in [0.5, 0.6) is 0 Å². The first-order valence-corrected chi connectivity index (χ1v) is 7.67. The van der Waals surface area contributed by atoms with Gasteiger partial charge in [-0.1, -0.05) is 15.9 Å². The van der Waals surface area contributed by atoms with E-state index < -0.39 is 0 Å². The first kappa shape index (κ1) is 13.5. The van der Waals surface area contributed by atoms with Crippen molar-refractivity contribution in [2.45, 2.75) is 44.7 Å². The number of rotatable bonds is 7. The number of pyridine rings is 1. The molecular formula is C14H19BrN2O. The van der Waals surface area contributed by atoms with E-state index in [1.165, 1.54) is 5.56 Å². The minimum Gasteiger partial charge on any atom is -0.335 e. The second-order valence-corrected chi connectivity index (χ2v) is 5.55. The highest BCUT2D eigenvalue weighted by molar-refractivity contribution is 9.09. The van der Waals surface area contributed by atoms with Gasteiger partial charge >= 0.3 is 0 Å². The molecule has 0 N–H and O–H groups in total. The van der Waals surface area contributed by atoms with Gasteiger partial charge in [-0.05, 0) is 43.4 Å². The van der Waals surface area contributed by atoms with Crippen LogP contribution in [0.3, 0.4) is 0 Å². The average molecular weight is 311 g/mol. The monoisotopic (exact) mass is 310 g/mol. The minimum atomic E-state index is 0.301. The molecule has 0 spiro atoms. The topological polar surface area (TPSA) is 33.2 Å². The van der Waals surface area contributed by atoms with E-state index in [0.717, 1.165) is 37.6 Å². The van der Waals surface area contributed by atoms with Gasteiger partial charge in [-0.2, -0.15) is 0 Å². The highest BCUT2D eigenvalue weighted by atomic mass is 79.9. The lowest BCUT2D eigenvalue weighted by molar-refractivity contribution is -0.132. The average Bonchev–Trinajstić information content (AvgIpc) is 3.21. The lowest BCUT2D eigenvalue weighted by Gasteiger charge is -2.22. The summed E-state index contributed by atoms with van der Waals surface area (Å²) in [6, 6.07) is 4.46. The highest BCUT2D eigenvalue weighted by Crippen LogP contribution is 2.29. The zero-order valence-electron chi connectivity index (χ0n) is 10.5. The summed E-state index contributed by atoms with van der Waals surface area (Å²) in [6.07, 6.45) is 8.62. The van der Waals surface area contributed by atoms with Crippen LogP contribution in [0.15, 0.2) is 24.5 Å². The molecule has 0 saturated heterocycles. The Bertz CT molecular complexity index is 379. The van der Waals surface area contributed by atoms with Crippen molar-refractivity contribution in [3.05, 3.63) is 30.1 Å². The lowest BCUT2D eigenvalue weighted by Crippen LogP contribution is -2.32. The van der Waals surface area contributed by atoms with Crippen LogP contribution in [0.25, 0.3) is 0 Å². The van der Waals surface area contributed by atoms with Gasteiger partial charge in [-0.15, -0.1) is 0 Å². The van der Waals surface area contributed by atoms with Crippen LogP contribution in [-0.4, -0.2) is 27.2 Å². The second-order valence-electron chi connectivity index (χ2n) is 4.75. The molecule has 0 bridgehead atoms. The molecule has 0 radical (unpaired) electrons. The Morgan fingerprint density at radius 1 is 1.33 bits per heavy atom. The summed E-state index contributed by atoms with van der Waals surface area (Å²) < 4.78 is 0. The maximum absolute atomic E-state index is 12.2. The molecule has 1 aliphatic carbocycles. The van der Waals surface area contributed by atoms with Crippen molar-refractivity contribution in [3.63, 3.8) is 0 Å². The molecule has 1 aliphatic rings. The number of nitrogens with zero attached hydrogens (tertiary/aromatic N) is 2. The summed E-state index contributed by atoms with van der Waals surface area (Å²) in [4.78, 5) is 18.3. The lowest BCUT2D eigenvalue weighted by atomic mass is 10.2. The number of hydrogen-bond acceptors (Lipinski definition) is 2. The van der Waals surface area contributed by atoms with Crippen LogP contribution in [0.2, 0.25) is 0 Å². The first-order valence-electron chi connectivity index (χ1n) is 6.55. The third-order valence-corrected chi connectivity index (χ3v) is 3.75. The summed E-state index contributed by atoms with van der Waals surface area (Å²) >= 11 is 3.40. The molecule has 1 saturated carbocycles.